The summed E-state index contributed by atoms with van der Waals surface area (Å²) < 4.78 is 1.71. The average molecular weight is 279 g/mol. The lowest BCUT2D eigenvalue weighted by atomic mass is 9.91. The van der Waals surface area contributed by atoms with Crippen LogP contribution in [-0.2, 0) is 0 Å². The van der Waals surface area contributed by atoms with E-state index in [0.29, 0.717) is 25.2 Å². The molecule has 7 nitrogen and oxygen atoms in total. The number of β-amino-alcohol motifs (C(OH)–C–C–N with tert-alkyl or cyclic N) is 1. The number of amides is 1. The molecule has 0 atom stereocenters. The maximum absolute atomic E-state index is 12.4. The molecule has 1 saturated carbocycles. The third kappa shape index (κ3) is 2.07. The molecule has 2 fully saturated rings. The van der Waals surface area contributed by atoms with Crippen LogP contribution in [0.4, 0.5) is 5.69 Å². The number of carbonyl (C=O) groups excluding carboxylic acids is 1. The van der Waals surface area contributed by atoms with Gasteiger partial charge >= 0.3 is 0 Å². The second-order valence-electron chi connectivity index (χ2n) is 5.72. The van der Waals surface area contributed by atoms with Gasteiger partial charge in [0.2, 0.25) is 0 Å². The Morgan fingerprint density at radius 1 is 1.55 bits per heavy atom. The Hall–Kier alpha value is -1.89. The summed E-state index contributed by atoms with van der Waals surface area (Å²) in [6.45, 7) is 2.47. The molecule has 2 aliphatic rings. The van der Waals surface area contributed by atoms with Crippen molar-refractivity contribution in [3.05, 3.63) is 28.1 Å². The molecule has 0 unspecified atom stereocenters. The van der Waals surface area contributed by atoms with E-state index in [1.807, 2.05) is 6.92 Å². The van der Waals surface area contributed by atoms with Gasteiger partial charge in [0.25, 0.3) is 11.6 Å². The minimum Gasteiger partial charge on any atom is -0.386 e. The minimum absolute atomic E-state index is 0.0495. The molecule has 108 valence electrons. The molecule has 0 spiro atoms. The Morgan fingerprint density at radius 2 is 2.20 bits per heavy atom. The molecule has 3 rings (SSSR count). The van der Waals surface area contributed by atoms with Gasteiger partial charge in [0.05, 0.1) is 29.8 Å². The first-order valence-corrected chi connectivity index (χ1v) is 6.81. The number of aromatic nitrogens is 1. The first-order valence-electron chi connectivity index (χ1n) is 6.81. The highest BCUT2D eigenvalue weighted by molar-refractivity contribution is 5.94. The monoisotopic (exact) mass is 279 g/mol. The molecule has 0 aromatic carbocycles. The van der Waals surface area contributed by atoms with Gasteiger partial charge in [0, 0.05) is 12.1 Å². The van der Waals surface area contributed by atoms with E-state index in [9.17, 15) is 20.0 Å². The number of aliphatic hydroxyl groups is 1. The number of nitro groups is 1. The summed E-state index contributed by atoms with van der Waals surface area (Å²) in [7, 11) is 0. The molecule has 0 bridgehead atoms. The smallest absolute Gasteiger partial charge is 0.287 e. The summed E-state index contributed by atoms with van der Waals surface area (Å²) in [6.07, 6.45) is 3.94. The Kier molecular flexibility index (Phi) is 2.82. The maximum atomic E-state index is 12.4. The van der Waals surface area contributed by atoms with Gasteiger partial charge in [-0.1, -0.05) is 6.92 Å². The zero-order chi connectivity index (χ0) is 14.5. The Balaban J connectivity index is 1.83. The molecule has 20 heavy (non-hydrogen) atoms. The number of hydrogen-bond acceptors (Lipinski definition) is 4. The molecular formula is C13H17N3O4. The second-order valence-corrected chi connectivity index (χ2v) is 5.72. The molecule has 1 aromatic heterocycles. The molecule has 0 radical (unpaired) electrons. The predicted molar refractivity (Wildman–Crippen MR) is 70.5 cm³/mol. The SMILES string of the molecule is CCC1(O)CN(C(=O)c2cc([N+](=O)[O-])cn2C2CC2)C1. The number of nitrogens with zero attached hydrogens (tertiary/aromatic N) is 3. The van der Waals surface area contributed by atoms with E-state index in [1.54, 1.807) is 9.47 Å². The number of hydrogen-bond donors (Lipinski definition) is 1. The van der Waals surface area contributed by atoms with E-state index in [2.05, 4.69) is 0 Å². The van der Waals surface area contributed by atoms with E-state index in [4.69, 9.17) is 0 Å². The molecule has 1 amide bonds. The van der Waals surface area contributed by atoms with Crippen LogP contribution < -0.4 is 0 Å². The van der Waals surface area contributed by atoms with Crippen LogP contribution in [0.25, 0.3) is 0 Å². The third-order valence-electron chi connectivity index (χ3n) is 4.12. The largest absolute Gasteiger partial charge is 0.386 e. The summed E-state index contributed by atoms with van der Waals surface area (Å²) in [5.74, 6) is -0.233. The first kappa shape index (κ1) is 13.1. The molecule has 7 heteroatoms. The fourth-order valence-electron chi connectivity index (χ4n) is 2.58. The molecule has 2 heterocycles. The number of rotatable bonds is 4. The van der Waals surface area contributed by atoms with Crippen molar-refractivity contribution < 1.29 is 14.8 Å². The maximum Gasteiger partial charge on any atom is 0.287 e. The average Bonchev–Trinajstić information content (AvgIpc) is 3.12. The lowest BCUT2D eigenvalue weighted by Gasteiger charge is -2.46. The summed E-state index contributed by atoms with van der Waals surface area (Å²) in [4.78, 5) is 24.3. The van der Waals surface area contributed by atoms with Crippen LogP contribution in [-0.4, -0.2) is 44.1 Å². The lowest BCUT2D eigenvalue weighted by Crippen LogP contribution is -2.63. The molecule has 1 aromatic rings. The lowest BCUT2D eigenvalue weighted by molar-refractivity contribution is -0.384. The quantitative estimate of drug-likeness (QED) is 0.665. The number of likely N-dealkylation sites (tertiary alicyclic amines) is 1. The summed E-state index contributed by atoms with van der Waals surface area (Å²) in [5, 5.41) is 20.8. The highest BCUT2D eigenvalue weighted by atomic mass is 16.6. The van der Waals surface area contributed by atoms with Gasteiger partial charge in [-0.15, -0.1) is 0 Å². The fourth-order valence-corrected chi connectivity index (χ4v) is 2.58. The van der Waals surface area contributed by atoms with Crippen molar-refractivity contribution in [3.63, 3.8) is 0 Å². The molecule has 1 aliphatic carbocycles. The van der Waals surface area contributed by atoms with Crippen LogP contribution in [0.15, 0.2) is 12.3 Å². The van der Waals surface area contributed by atoms with E-state index in [0.717, 1.165) is 12.8 Å². The molecule has 1 saturated heterocycles. The normalized spacial score (nSPS) is 20.6. The van der Waals surface area contributed by atoms with Crippen LogP contribution in [0.2, 0.25) is 0 Å². The van der Waals surface area contributed by atoms with Gasteiger partial charge in [0.1, 0.15) is 5.69 Å². The summed E-state index contributed by atoms with van der Waals surface area (Å²) in [5.41, 5.74) is -0.484. The van der Waals surface area contributed by atoms with Gasteiger partial charge < -0.3 is 14.6 Å². The van der Waals surface area contributed by atoms with Crippen molar-refractivity contribution in [2.45, 2.75) is 37.8 Å². The highest BCUT2D eigenvalue weighted by Gasteiger charge is 2.43. The van der Waals surface area contributed by atoms with Gasteiger partial charge in [-0.05, 0) is 19.3 Å². The molecule has 1 N–H and O–H groups in total. The van der Waals surface area contributed by atoms with Crippen LogP contribution >= 0.6 is 0 Å². The van der Waals surface area contributed by atoms with Crippen LogP contribution in [0.5, 0.6) is 0 Å². The first-order chi connectivity index (χ1) is 9.43. The van der Waals surface area contributed by atoms with Gasteiger partial charge in [-0.25, -0.2) is 0 Å². The van der Waals surface area contributed by atoms with E-state index < -0.39 is 10.5 Å². The number of carbonyl (C=O) groups is 1. The highest BCUT2D eigenvalue weighted by Crippen LogP contribution is 2.38. The Morgan fingerprint density at radius 3 is 2.70 bits per heavy atom. The van der Waals surface area contributed by atoms with E-state index in [1.165, 1.54) is 12.3 Å². The topological polar surface area (TPSA) is 88.6 Å². The third-order valence-corrected chi connectivity index (χ3v) is 4.12. The molecule has 1 aliphatic heterocycles. The molecular weight excluding hydrogens is 262 g/mol. The van der Waals surface area contributed by atoms with Gasteiger partial charge in [-0.3, -0.25) is 14.9 Å². The van der Waals surface area contributed by atoms with E-state index >= 15 is 0 Å². The van der Waals surface area contributed by atoms with Crippen molar-refractivity contribution in [2.75, 3.05) is 13.1 Å². The summed E-state index contributed by atoms with van der Waals surface area (Å²) >= 11 is 0. The Labute approximate surface area is 115 Å². The van der Waals surface area contributed by atoms with Crippen molar-refractivity contribution in [1.82, 2.24) is 9.47 Å². The van der Waals surface area contributed by atoms with Crippen LogP contribution in [0.3, 0.4) is 0 Å². The Bertz CT molecular complexity index is 570. The zero-order valence-corrected chi connectivity index (χ0v) is 11.3. The van der Waals surface area contributed by atoms with Crippen molar-refractivity contribution in [3.8, 4) is 0 Å². The van der Waals surface area contributed by atoms with Crippen molar-refractivity contribution in [2.24, 2.45) is 0 Å². The standard InChI is InChI=1S/C13H17N3O4/c1-2-13(18)7-14(8-13)12(17)11-5-10(16(19)20)6-15(11)9-3-4-9/h5-6,9,18H,2-4,7-8H2,1H3. The zero-order valence-electron chi connectivity index (χ0n) is 11.3. The van der Waals surface area contributed by atoms with Crippen LogP contribution in [0.1, 0.15) is 42.7 Å². The van der Waals surface area contributed by atoms with Crippen molar-refractivity contribution in [1.29, 1.82) is 0 Å². The van der Waals surface area contributed by atoms with E-state index in [-0.39, 0.29) is 17.6 Å². The predicted octanol–water partition coefficient (Wildman–Crippen LogP) is 1.33. The second kappa shape index (κ2) is 4.31. The summed E-state index contributed by atoms with van der Waals surface area (Å²) in [6, 6.07) is 1.54. The van der Waals surface area contributed by atoms with Crippen LogP contribution in [0, 0.1) is 10.1 Å². The van der Waals surface area contributed by atoms with Crippen molar-refractivity contribution >= 4 is 11.6 Å². The van der Waals surface area contributed by atoms with Gasteiger partial charge in [-0.2, -0.15) is 0 Å². The minimum atomic E-state index is -0.793. The van der Waals surface area contributed by atoms with Gasteiger partial charge in [0.15, 0.2) is 0 Å². The fraction of sp³-hybridized carbons (Fsp3) is 0.615.